The standard InChI is InChI=1S/C17H22O4/c1-16(2)10-7-8-17(16,3)13(9-10)21-15(20)11-5-4-6-12(18)14(11)19/h4-6,10,13,18-19H,7-9H2,1-3H3/t10-,13+,17+/m0/s1. The number of phenolic OH excluding ortho intramolecular Hbond substituents is 2. The van der Waals surface area contributed by atoms with Crippen LogP contribution < -0.4 is 0 Å². The molecule has 2 aliphatic carbocycles. The van der Waals surface area contributed by atoms with Crippen molar-refractivity contribution in [3.8, 4) is 11.5 Å². The highest BCUT2D eigenvalue weighted by molar-refractivity contribution is 5.93. The van der Waals surface area contributed by atoms with Crippen LogP contribution in [0.2, 0.25) is 0 Å². The maximum Gasteiger partial charge on any atom is 0.342 e. The number of para-hydroxylation sites is 1. The Morgan fingerprint density at radius 3 is 2.57 bits per heavy atom. The smallest absolute Gasteiger partial charge is 0.342 e. The molecule has 4 heteroatoms. The van der Waals surface area contributed by atoms with E-state index < -0.39 is 11.7 Å². The fourth-order valence-corrected chi connectivity index (χ4v) is 4.20. The summed E-state index contributed by atoms with van der Waals surface area (Å²) < 4.78 is 5.70. The molecule has 3 rings (SSSR count). The number of carbonyl (C=O) groups excluding carboxylic acids is 1. The second-order valence-electron chi connectivity index (χ2n) is 7.18. The SMILES string of the molecule is CC1(C)[C@H]2CC[C@]1(C)[C@H](OC(=O)c1cccc(O)c1O)C2. The lowest BCUT2D eigenvalue weighted by Gasteiger charge is -2.38. The van der Waals surface area contributed by atoms with E-state index in [0.717, 1.165) is 12.8 Å². The van der Waals surface area contributed by atoms with E-state index in [-0.39, 0.29) is 28.2 Å². The first-order valence-corrected chi connectivity index (χ1v) is 7.49. The van der Waals surface area contributed by atoms with Gasteiger partial charge in [0.15, 0.2) is 11.5 Å². The lowest BCUT2D eigenvalue weighted by atomic mass is 9.70. The van der Waals surface area contributed by atoms with Crippen LogP contribution in [0.3, 0.4) is 0 Å². The molecule has 0 amide bonds. The Hall–Kier alpha value is -1.71. The first-order valence-electron chi connectivity index (χ1n) is 7.49. The summed E-state index contributed by atoms with van der Waals surface area (Å²) in [6.07, 6.45) is 3.01. The predicted octanol–water partition coefficient (Wildman–Crippen LogP) is 3.47. The molecule has 3 atom stereocenters. The fraction of sp³-hybridized carbons (Fsp3) is 0.588. The van der Waals surface area contributed by atoms with Crippen molar-refractivity contribution in [3.63, 3.8) is 0 Å². The van der Waals surface area contributed by atoms with Gasteiger partial charge in [0.1, 0.15) is 11.7 Å². The average molecular weight is 290 g/mol. The number of hydrogen-bond donors (Lipinski definition) is 2. The normalized spacial score (nSPS) is 33.1. The lowest BCUT2D eigenvalue weighted by Crippen LogP contribution is -2.38. The van der Waals surface area contributed by atoms with Crippen molar-refractivity contribution < 1.29 is 19.7 Å². The van der Waals surface area contributed by atoms with Crippen LogP contribution in [-0.4, -0.2) is 22.3 Å². The van der Waals surface area contributed by atoms with E-state index in [0.29, 0.717) is 5.92 Å². The van der Waals surface area contributed by atoms with Crippen molar-refractivity contribution in [2.24, 2.45) is 16.7 Å². The second-order valence-corrected chi connectivity index (χ2v) is 7.18. The summed E-state index contributed by atoms with van der Waals surface area (Å²) in [6, 6.07) is 4.34. The van der Waals surface area contributed by atoms with Crippen LogP contribution in [0.1, 0.15) is 50.4 Å². The Morgan fingerprint density at radius 1 is 1.29 bits per heavy atom. The molecule has 2 bridgehead atoms. The predicted molar refractivity (Wildman–Crippen MR) is 78.2 cm³/mol. The molecule has 0 spiro atoms. The number of ether oxygens (including phenoxy) is 1. The third-order valence-electron chi connectivity index (χ3n) is 6.20. The minimum Gasteiger partial charge on any atom is -0.504 e. The fourth-order valence-electron chi connectivity index (χ4n) is 4.20. The third-order valence-corrected chi connectivity index (χ3v) is 6.20. The van der Waals surface area contributed by atoms with E-state index in [9.17, 15) is 15.0 Å². The van der Waals surface area contributed by atoms with Gasteiger partial charge in [-0.05, 0) is 42.7 Å². The highest BCUT2D eigenvalue weighted by Crippen LogP contribution is 2.66. The summed E-state index contributed by atoms with van der Waals surface area (Å²) in [6.45, 7) is 6.70. The topological polar surface area (TPSA) is 66.8 Å². The van der Waals surface area contributed by atoms with Gasteiger partial charge in [0.05, 0.1) is 0 Å². The Labute approximate surface area is 124 Å². The molecule has 2 aliphatic rings. The molecule has 2 N–H and O–H groups in total. The largest absolute Gasteiger partial charge is 0.504 e. The van der Waals surface area contributed by atoms with E-state index in [1.807, 2.05) is 0 Å². The number of fused-ring (bicyclic) bond motifs is 2. The lowest BCUT2D eigenvalue weighted by molar-refractivity contribution is -0.0244. The molecule has 0 heterocycles. The highest BCUT2D eigenvalue weighted by Gasteiger charge is 2.62. The summed E-state index contributed by atoms with van der Waals surface area (Å²) in [4.78, 5) is 12.3. The number of phenols is 2. The average Bonchev–Trinajstić information content (AvgIpc) is 2.75. The Morgan fingerprint density at radius 2 is 2.00 bits per heavy atom. The number of rotatable bonds is 2. The monoisotopic (exact) mass is 290 g/mol. The number of aromatic hydroxyl groups is 2. The first-order chi connectivity index (χ1) is 9.77. The molecule has 114 valence electrons. The van der Waals surface area contributed by atoms with Gasteiger partial charge in [-0.25, -0.2) is 4.79 Å². The molecule has 0 unspecified atom stereocenters. The van der Waals surface area contributed by atoms with E-state index in [2.05, 4.69) is 20.8 Å². The Balaban J connectivity index is 1.82. The van der Waals surface area contributed by atoms with E-state index in [1.54, 1.807) is 0 Å². The van der Waals surface area contributed by atoms with Gasteiger partial charge in [0.25, 0.3) is 0 Å². The van der Waals surface area contributed by atoms with Gasteiger partial charge in [-0.3, -0.25) is 0 Å². The third kappa shape index (κ3) is 1.84. The summed E-state index contributed by atoms with van der Waals surface area (Å²) in [5.41, 5.74) is 0.178. The van der Waals surface area contributed by atoms with Crippen molar-refractivity contribution >= 4 is 5.97 Å². The van der Waals surface area contributed by atoms with Crippen molar-refractivity contribution in [1.82, 2.24) is 0 Å². The first kappa shape index (κ1) is 14.2. The number of hydrogen-bond acceptors (Lipinski definition) is 4. The zero-order valence-electron chi connectivity index (χ0n) is 12.7. The molecule has 0 aliphatic heterocycles. The van der Waals surface area contributed by atoms with Gasteiger partial charge in [-0.2, -0.15) is 0 Å². The van der Waals surface area contributed by atoms with Crippen molar-refractivity contribution in [2.45, 2.75) is 46.1 Å². The molecule has 2 fully saturated rings. The van der Waals surface area contributed by atoms with Gasteiger partial charge >= 0.3 is 5.97 Å². The van der Waals surface area contributed by atoms with E-state index in [4.69, 9.17) is 4.74 Å². The van der Waals surface area contributed by atoms with E-state index >= 15 is 0 Å². The molecule has 4 nitrogen and oxygen atoms in total. The molecule has 0 aromatic heterocycles. The maximum absolute atomic E-state index is 12.3. The number of esters is 1. The number of benzene rings is 1. The summed E-state index contributed by atoms with van der Waals surface area (Å²) in [5.74, 6) is -0.685. The Bertz CT molecular complexity index is 592. The molecule has 2 saturated carbocycles. The zero-order chi connectivity index (χ0) is 15.4. The summed E-state index contributed by atoms with van der Waals surface area (Å²) >= 11 is 0. The van der Waals surface area contributed by atoms with Gasteiger partial charge in [-0.15, -0.1) is 0 Å². The summed E-state index contributed by atoms with van der Waals surface area (Å²) in [5, 5.41) is 19.3. The maximum atomic E-state index is 12.3. The molecule has 0 radical (unpaired) electrons. The minimum atomic E-state index is -0.557. The number of carbonyl (C=O) groups is 1. The van der Waals surface area contributed by atoms with Gasteiger partial charge in [0.2, 0.25) is 0 Å². The van der Waals surface area contributed by atoms with Crippen LogP contribution in [0.25, 0.3) is 0 Å². The van der Waals surface area contributed by atoms with Gasteiger partial charge in [0, 0.05) is 5.41 Å². The molecule has 21 heavy (non-hydrogen) atoms. The Kier molecular flexibility index (Phi) is 2.98. The second kappa shape index (κ2) is 4.39. The molecule has 1 aromatic carbocycles. The van der Waals surface area contributed by atoms with Crippen LogP contribution in [0.5, 0.6) is 11.5 Å². The van der Waals surface area contributed by atoms with Crippen LogP contribution in [0.15, 0.2) is 18.2 Å². The van der Waals surface area contributed by atoms with Crippen LogP contribution in [-0.2, 0) is 4.74 Å². The zero-order valence-corrected chi connectivity index (χ0v) is 12.7. The molecule has 0 saturated heterocycles. The highest BCUT2D eigenvalue weighted by atomic mass is 16.5. The van der Waals surface area contributed by atoms with Gasteiger partial charge in [-0.1, -0.05) is 26.8 Å². The van der Waals surface area contributed by atoms with Crippen molar-refractivity contribution in [3.05, 3.63) is 23.8 Å². The van der Waals surface area contributed by atoms with E-state index in [1.165, 1.54) is 24.6 Å². The van der Waals surface area contributed by atoms with Crippen LogP contribution in [0, 0.1) is 16.7 Å². The van der Waals surface area contributed by atoms with Crippen molar-refractivity contribution in [2.75, 3.05) is 0 Å². The van der Waals surface area contributed by atoms with Crippen molar-refractivity contribution in [1.29, 1.82) is 0 Å². The minimum absolute atomic E-state index is 0.0141. The van der Waals surface area contributed by atoms with Crippen LogP contribution in [0.4, 0.5) is 0 Å². The molecule has 1 aromatic rings. The van der Waals surface area contributed by atoms with Crippen LogP contribution >= 0.6 is 0 Å². The summed E-state index contributed by atoms with van der Waals surface area (Å²) in [7, 11) is 0. The molecular formula is C17H22O4. The van der Waals surface area contributed by atoms with Gasteiger partial charge < -0.3 is 14.9 Å². The quantitative estimate of drug-likeness (QED) is 0.646. The molecular weight excluding hydrogens is 268 g/mol.